The van der Waals surface area contributed by atoms with Crippen LogP contribution in [0.25, 0.3) is 0 Å². The van der Waals surface area contributed by atoms with Gasteiger partial charge < -0.3 is 15.2 Å². The molecule has 0 aliphatic heterocycles. The first-order chi connectivity index (χ1) is 14.2. The molecule has 5 heteroatoms. The van der Waals surface area contributed by atoms with E-state index in [2.05, 4.69) is 5.32 Å². The quantitative estimate of drug-likeness (QED) is 0.634. The van der Waals surface area contributed by atoms with E-state index in [1.165, 1.54) is 0 Å². The summed E-state index contributed by atoms with van der Waals surface area (Å²) >= 11 is 0. The molecule has 30 heavy (non-hydrogen) atoms. The zero-order chi connectivity index (χ0) is 21.8. The molecule has 0 radical (unpaired) electrons. The highest BCUT2D eigenvalue weighted by Gasteiger charge is 2.35. The van der Waals surface area contributed by atoms with Crippen LogP contribution in [-0.2, 0) is 4.79 Å². The van der Waals surface area contributed by atoms with Gasteiger partial charge >= 0.3 is 0 Å². The number of nitrogens with one attached hydrogen (secondary N) is 1. The number of hydrogen-bond acceptors (Lipinski definition) is 3. The van der Waals surface area contributed by atoms with Crippen LogP contribution in [0.5, 0.6) is 5.75 Å². The normalized spacial score (nSPS) is 17.9. The van der Waals surface area contributed by atoms with E-state index >= 15 is 0 Å². The molecule has 0 spiro atoms. The zero-order valence-corrected chi connectivity index (χ0v) is 18.0. The predicted molar refractivity (Wildman–Crippen MR) is 116 cm³/mol. The SMILES string of the molecule is C[C@H](C(=O)N[C@H](c1ccc(OCC2(F)CCCC2)cc1)C(C)(C)O)c1ccccc1. The highest BCUT2D eigenvalue weighted by molar-refractivity contribution is 5.83. The fourth-order valence-electron chi connectivity index (χ4n) is 3.95. The molecule has 1 saturated carbocycles. The highest BCUT2D eigenvalue weighted by atomic mass is 19.1. The fraction of sp³-hybridized carbons (Fsp3) is 0.480. The molecule has 2 aromatic rings. The van der Waals surface area contributed by atoms with Crippen molar-refractivity contribution in [2.45, 2.75) is 69.7 Å². The number of aliphatic hydroxyl groups is 1. The van der Waals surface area contributed by atoms with Gasteiger partial charge in [-0.3, -0.25) is 4.79 Å². The summed E-state index contributed by atoms with van der Waals surface area (Å²) in [4.78, 5) is 12.8. The number of halogens is 1. The predicted octanol–water partition coefficient (Wildman–Crippen LogP) is 5.08. The number of benzene rings is 2. The van der Waals surface area contributed by atoms with Crippen LogP contribution in [0.4, 0.5) is 4.39 Å². The summed E-state index contributed by atoms with van der Waals surface area (Å²) in [6.45, 7) is 5.25. The molecule has 4 nitrogen and oxygen atoms in total. The lowest BCUT2D eigenvalue weighted by Crippen LogP contribution is -2.43. The first-order valence-electron chi connectivity index (χ1n) is 10.7. The summed E-state index contributed by atoms with van der Waals surface area (Å²) in [5.41, 5.74) is -0.712. The number of amides is 1. The third kappa shape index (κ3) is 5.60. The van der Waals surface area contributed by atoms with Crippen LogP contribution in [-0.4, -0.2) is 28.9 Å². The van der Waals surface area contributed by atoms with Gasteiger partial charge in [0.05, 0.1) is 17.6 Å². The summed E-state index contributed by atoms with van der Waals surface area (Å²) in [5, 5.41) is 13.7. The zero-order valence-electron chi connectivity index (χ0n) is 18.0. The van der Waals surface area contributed by atoms with Gasteiger partial charge in [0.15, 0.2) is 0 Å². The van der Waals surface area contributed by atoms with Gasteiger partial charge in [-0.2, -0.15) is 0 Å². The number of carbonyl (C=O) groups excluding carboxylic acids is 1. The number of carbonyl (C=O) groups is 1. The molecule has 1 aliphatic rings. The fourth-order valence-corrected chi connectivity index (χ4v) is 3.95. The van der Waals surface area contributed by atoms with Crippen molar-refractivity contribution in [3.05, 3.63) is 65.7 Å². The lowest BCUT2D eigenvalue weighted by atomic mass is 9.90. The minimum absolute atomic E-state index is 0.0621. The number of alkyl halides is 1. The monoisotopic (exact) mass is 413 g/mol. The average molecular weight is 414 g/mol. The van der Waals surface area contributed by atoms with Gasteiger partial charge in [-0.1, -0.05) is 55.3 Å². The molecule has 0 heterocycles. The molecule has 1 amide bonds. The molecule has 1 fully saturated rings. The average Bonchev–Trinajstić information content (AvgIpc) is 3.17. The van der Waals surface area contributed by atoms with E-state index in [4.69, 9.17) is 4.74 Å². The molecular weight excluding hydrogens is 381 g/mol. The van der Waals surface area contributed by atoms with E-state index in [-0.39, 0.29) is 18.4 Å². The topological polar surface area (TPSA) is 58.6 Å². The first kappa shape index (κ1) is 22.3. The van der Waals surface area contributed by atoms with Gasteiger partial charge in [0.2, 0.25) is 5.91 Å². The lowest BCUT2D eigenvalue weighted by Gasteiger charge is -2.32. The van der Waals surface area contributed by atoms with Gasteiger partial charge in [-0.25, -0.2) is 4.39 Å². The van der Waals surface area contributed by atoms with Crippen molar-refractivity contribution in [3.63, 3.8) is 0 Å². The van der Waals surface area contributed by atoms with Gasteiger partial charge in [0.25, 0.3) is 0 Å². The van der Waals surface area contributed by atoms with Crippen molar-refractivity contribution >= 4 is 5.91 Å². The second-order valence-corrected chi connectivity index (χ2v) is 8.94. The van der Waals surface area contributed by atoms with Crippen LogP contribution in [0.2, 0.25) is 0 Å². The van der Waals surface area contributed by atoms with E-state index in [0.717, 1.165) is 24.0 Å². The summed E-state index contributed by atoms with van der Waals surface area (Å²) in [6.07, 6.45) is 2.93. The summed E-state index contributed by atoms with van der Waals surface area (Å²) in [6, 6.07) is 16.1. The van der Waals surface area contributed by atoms with Crippen LogP contribution in [0, 0.1) is 0 Å². The molecule has 162 valence electrons. The van der Waals surface area contributed by atoms with E-state index < -0.39 is 17.3 Å². The van der Waals surface area contributed by atoms with E-state index in [0.29, 0.717) is 18.6 Å². The van der Waals surface area contributed by atoms with Crippen molar-refractivity contribution in [1.82, 2.24) is 5.32 Å². The van der Waals surface area contributed by atoms with Gasteiger partial charge in [0.1, 0.15) is 18.0 Å². The molecule has 2 N–H and O–H groups in total. The molecule has 0 unspecified atom stereocenters. The Bertz CT molecular complexity index is 824. The van der Waals surface area contributed by atoms with Crippen LogP contribution in [0.1, 0.15) is 69.5 Å². The number of rotatable bonds is 8. The second-order valence-electron chi connectivity index (χ2n) is 8.94. The number of ether oxygens (including phenoxy) is 1. The van der Waals surface area contributed by atoms with Gasteiger partial charge in [-0.15, -0.1) is 0 Å². The van der Waals surface area contributed by atoms with E-state index in [9.17, 15) is 14.3 Å². The first-order valence-corrected chi connectivity index (χ1v) is 10.7. The third-order valence-corrected chi connectivity index (χ3v) is 5.90. The van der Waals surface area contributed by atoms with Crippen LogP contribution in [0.15, 0.2) is 54.6 Å². The maximum Gasteiger partial charge on any atom is 0.227 e. The van der Waals surface area contributed by atoms with Crippen molar-refractivity contribution in [2.75, 3.05) is 6.61 Å². The Labute approximate surface area is 178 Å². The smallest absolute Gasteiger partial charge is 0.227 e. The molecule has 0 saturated heterocycles. The number of hydrogen-bond donors (Lipinski definition) is 2. The van der Waals surface area contributed by atoms with Crippen molar-refractivity contribution in [3.8, 4) is 5.75 Å². The molecule has 2 aromatic carbocycles. The molecule has 2 atom stereocenters. The standard InChI is InChI=1S/C25H32FNO3/c1-18(19-9-5-4-6-10-19)23(28)27-22(24(2,3)29)20-11-13-21(14-12-20)30-17-25(26)15-7-8-16-25/h4-6,9-14,18,22,29H,7-8,15-17H2,1-3H3,(H,27,28)/t18-,22+/m0/s1. The third-order valence-electron chi connectivity index (χ3n) is 5.90. The van der Waals surface area contributed by atoms with Crippen LogP contribution < -0.4 is 10.1 Å². The van der Waals surface area contributed by atoms with Crippen molar-refractivity contribution in [2.24, 2.45) is 0 Å². The Morgan fingerprint density at radius 2 is 1.70 bits per heavy atom. The van der Waals surface area contributed by atoms with E-state index in [1.807, 2.05) is 49.4 Å². The minimum Gasteiger partial charge on any atom is -0.490 e. The Morgan fingerprint density at radius 3 is 2.27 bits per heavy atom. The lowest BCUT2D eigenvalue weighted by molar-refractivity contribution is -0.125. The Hall–Kier alpha value is -2.40. The van der Waals surface area contributed by atoms with E-state index in [1.54, 1.807) is 26.0 Å². The highest BCUT2D eigenvalue weighted by Crippen LogP contribution is 2.34. The Morgan fingerprint density at radius 1 is 1.10 bits per heavy atom. The molecule has 3 rings (SSSR count). The molecule has 0 bridgehead atoms. The van der Waals surface area contributed by atoms with Gasteiger partial charge in [0, 0.05) is 0 Å². The van der Waals surface area contributed by atoms with Crippen molar-refractivity contribution < 1.29 is 19.0 Å². The summed E-state index contributed by atoms with van der Waals surface area (Å²) in [5.74, 6) is 0.0845. The molecule has 0 aromatic heterocycles. The summed E-state index contributed by atoms with van der Waals surface area (Å²) in [7, 11) is 0. The minimum atomic E-state index is -1.23. The second kappa shape index (κ2) is 9.17. The Balaban J connectivity index is 1.68. The van der Waals surface area contributed by atoms with Crippen molar-refractivity contribution in [1.29, 1.82) is 0 Å². The Kier molecular flexibility index (Phi) is 6.81. The largest absolute Gasteiger partial charge is 0.490 e. The molecular formula is C25H32FNO3. The van der Waals surface area contributed by atoms with Crippen LogP contribution in [0.3, 0.4) is 0 Å². The maximum atomic E-state index is 14.5. The maximum absolute atomic E-state index is 14.5. The molecule has 1 aliphatic carbocycles. The van der Waals surface area contributed by atoms with Crippen LogP contribution >= 0.6 is 0 Å². The van der Waals surface area contributed by atoms with Gasteiger partial charge in [-0.05, 0) is 56.9 Å². The summed E-state index contributed by atoms with van der Waals surface area (Å²) < 4.78 is 20.2.